The molecular formula is C21H20N2O7. The average Bonchev–Trinajstić information content (AvgIpc) is 2.77. The standard InChI is InChI=1S/C21H20N2O7/c1-26-15-6-5-12(7-16(15)30-21(24)25)14-10-22-11-23-19(14)13-8-17(27-2)20(29-4)18(9-13)28-3/h5-11H,1-4H3,(H,24,25). The lowest BCUT2D eigenvalue weighted by molar-refractivity contribution is 0.143. The van der Waals surface area contributed by atoms with E-state index in [-0.39, 0.29) is 11.5 Å². The Labute approximate surface area is 172 Å². The van der Waals surface area contributed by atoms with Crippen molar-refractivity contribution >= 4 is 6.16 Å². The Hall–Kier alpha value is -4.01. The third kappa shape index (κ3) is 4.04. The number of carbonyl (C=O) groups is 1. The molecule has 3 rings (SSSR count). The first-order valence-electron chi connectivity index (χ1n) is 8.72. The second-order valence-electron chi connectivity index (χ2n) is 5.93. The van der Waals surface area contributed by atoms with Crippen molar-refractivity contribution in [2.75, 3.05) is 28.4 Å². The molecular weight excluding hydrogens is 392 g/mol. The van der Waals surface area contributed by atoms with Crippen molar-refractivity contribution in [3.8, 4) is 51.1 Å². The maximum atomic E-state index is 11.0. The number of ether oxygens (including phenoxy) is 5. The summed E-state index contributed by atoms with van der Waals surface area (Å²) in [5.41, 5.74) is 2.55. The zero-order valence-corrected chi connectivity index (χ0v) is 16.8. The number of aromatic nitrogens is 2. The van der Waals surface area contributed by atoms with Gasteiger partial charge < -0.3 is 28.8 Å². The van der Waals surface area contributed by atoms with Crippen molar-refractivity contribution in [3.63, 3.8) is 0 Å². The molecule has 156 valence electrons. The number of rotatable bonds is 7. The molecule has 1 aromatic heterocycles. The molecule has 0 aliphatic heterocycles. The Morgan fingerprint density at radius 3 is 2.03 bits per heavy atom. The molecule has 30 heavy (non-hydrogen) atoms. The maximum Gasteiger partial charge on any atom is 0.511 e. The third-order valence-corrected chi connectivity index (χ3v) is 4.32. The Kier molecular flexibility index (Phi) is 6.21. The Bertz CT molecular complexity index is 1040. The highest BCUT2D eigenvalue weighted by Gasteiger charge is 2.19. The summed E-state index contributed by atoms with van der Waals surface area (Å²) in [4.78, 5) is 19.6. The van der Waals surface area contributed by atoms with Crippen LogP contribution in [0.15, 0.2) is 42.9 Å². The molecule has 0 spiro atoms. The molecule has 0 amide bonds. The summed E-state index contributed by atoms with van der Waals surface area (Å²) in [5.74, 6) is 1.75. The zero-order chi connectivity index (χ0) is 21.7. The molecule has 1 N–H and O–H groups in total. The van der Waals surface area contributed by atoms with Crippen molar-refractivity contribution in [3.05, 3.63) is 42.9 Å². The summed E-state index contributed by atoms with van der Waals surface area (Å²) in [7, 11) is 6.01. The fraction of sp³-hybridized carbons (Fsp3) is 0.190. The van der Waals surface area contributed by atoms with Crippen molar-refractivity contribution < 1.29 is 33.6 Å². The van der Waals surface area contributed by atoms with Crippen LogP contribution in [-0.4, -0.2) is 49.7 Å². The molecule has 0 aliphatic carbocycles. The van der Waals surface area contributed by atoms with Gasteiger partial charge in [0.05, 0.1) is 34.1 Å². The van der Waals surface area contributed by atoms with Crippen LogP contribution in [0.2, 0.25) is 0 Å². The summed E-state index contributed by atoms with van der Waals surface area (Å²) in [6.07, 6.45) is 1.59. The Balaban J connectivity index is 2.18. The first-order chi connectivity index (χ1) is 14.5. The maximum absolute atomic E-state index is 11.0. The third-order valence-electron chi connectivity index (χ3n) is 4.32. The van der Waals surface area contributed by atoms with E-state index in [2.05, 4.69) is 9.97 Å². The predicted molar refractivity (Wildman–Crippen MR) is 108 cm³/mol. The number of methoxy groups -OCH3 is 4. The van der Waals surface area contributed by atoms with E-state index in [0.29, 0.717) is 39.6 Å². The van der Waals surface area contributed by atoms with E-state index in [1.807, 2.05) is 0 Å². The minimum Gasteiger partial charge on any atom is -0.493 e. The first-order valence-corrected chi connectivity index (χ1v) is 8.72. The largest absolute Gasteiger partial charge is 0.511 e. The van der Waals surface area contributed by atoms with Gasteiger partial charge in [0.1, 0.15) is 6.33 Å². The monoisotopic (exact) mass is 412 g/mol. The summed E-state index contributed by atoms with van der Waals surface area (Å²) in [6, 6.07) is 8.46. The molecule has 2 aromatic carbocycles. The van der Waals surface area contributed by atoms with Crippen LogP contribution in [0.25, 0.3) is 22.4 Å². The fourth-order valence-electron chi connectivity index (χ4n) is 3.01. The van der Waals surface area contributed by atoms with Gasteiger partial charge in [-0.25, -0.2) is 14.8 Å². The molecule has 1 heterocycles. The van der Waals surface area contributed by atoms with Gasteiger partial charge in [-0.2, -0.15) is 0 Å². The van der Waals surface area contributed by atoms with E-state index in [9.17, 15) is 4.79 Å². The van der Waals surface area contributed by atoms with E-state index < -0.39 is 6.16 Å². The number of nitrogens with zero attached hydrogens (tertiary/aromatic N) is 2. The van der Waals surface area contributed by atoms with E-state index in [4.69, 9.17) is 28.8 Å². The predicted octanol–water partition coefficient (Wildman–Crippen LogP) is 3.90. The summed E-state index contributed by atoms with van der Waals surface area (Å²) >= 11 is 0. The van der Waals surface area contributed by atoms with Crippen LogP contribution in [0, 0.1) is 0 Å². The van der Waals surface area contributed by atoms with Crippen molar-refractivity contribution in [1.82, 2.24) is 9.97 Å². The van der Waals surface area contributed by atoms with Gasteiger partial charge in [-0.05, 0) is 29.8 Å². The highest BCUT2D eigenvalue weighted by Crippen LogP contribution is 2.43. The van der Waals surface area contributed by atoms with Crippen LogP contribution in [0.3, 0.4) is 0 Å². The Morgan fingerprint density at radius 2 is 1.47 bits per heavy atom. The van der Waals surface area contributed by atoms with Gasteiger partial charge >= 0.3 is 6.16 Å². The van der Waals surface area contributed by atoms with Crippen molar-refractivity contribution in [1.29, 1.82) is 0 Å². The van der Waals surface area contributed by atoms with Crippen molar-refractivity contribution in [2.24, 2.45) is 0 Å². The fourth-order valence-corrected chi connectivity index (χ4v) is 3.01. The van der Waals surface area contributed by atoms with E-state index in [1.54, 1.807) is 36.5 Å². The van der Waals surface area contributed by atoms with Crippen LogP contribution in [0.5, 0.6) is 28.7 Å². The lowest BCUT2D eigenvalue weighted by Crippen LogP contribution is -2.04. The number of benzene rings is 2. The topological polar surface area (TPSA) is 109 Å². The number of hydrogen-bond donors (Lipinski definition) is 1. The number of hydrogen-bond acceptors (Lipinski definition) is 8. The second kappa shape index (κ2) is 8.99. The molecule has 0 fully saturated rings. The molecule has 9 heteroatoms. The molecule has 0 aliphatic rings. The lowest BCUT2D eigenvalue weighted by Gasteiger charge is -2.16. The normalized spacial score (nSPS) is 10.3. The van der Waals surface area contributed by atoms with E-state index >= 15 is 0 Å². The van der Waals surface area contributed by atoms with Gasteiger partial charge in [0.2, 0.25) is 5.75 Å². The number of carboxylic acid groups (broad SMARTS) is 1. The second-order valence-corrected chi connectivity index (χ2v) is 5.93. The van der Waals surface area contributed by atoms with Crippen LogP contribution in [0.1, 0.15) is 0 Å². The van der Waals surface area contributed by atoms with Crippen LogP contribution < -0.4 is 23.7 Å². The quantitative estimate of drug-likeness (QED) is 0.456. The molecule has 0 atom stereocenters. The van der Waals surface area contributed by atoms with E-state index in [0.717, 1.165) is 0 Å². The smallest absolute Gasteiger partial charge is 0.493 e. The summed E-state index contributed by atoms with van der Waals surface area (Å²) in [5, 5.41) is 9.00. The minimum absolute atomic E-state index is 0.0576. The van der Waals surface area contributed by atoms with Gasteiger partial charge in [-0.3, -0.25) is 0 Å². The summed E-state index contributed by atoms with van der Waals surface area (Å²) in [6.45, 7) is 0. The highest BCUT2D eigenvalue weighted by molar-refractivity contribution is 5.83. The van der Waals surface area contributed by atoms with Crippen LogP contribution >= 0.6 is 0 Å². The minimum atomic E-state index is -1.44. The van der Waals surface area contributed by atoms with Crippen LogP contribution in [0.4, 0.5) is 4.79 Å². The SMILES string of the molecule is COc1ccc(-c2cncnc2-c2cc(OC)c(OC)c(OC)c2)cc1OC(=O)O. The van der Waals surface area contributed by atoms with Gasteiger partial charge in [-0.1, -0.05) is 6.07 Å². The van der Waals surface area contributed by atoms with Gasteiger partial charge in [0, 0.05) is 17.3 Å². The summed E-state index contributed by atoms with van der Waals surface area (Å²) < 4.78 is 26.2. The molecule has 0 radical (unpaired) electrons. The first kappa shape index (κ1) is 20.7. The average molecular weight is 412 g/mol. The zero-order valence-electron chi connectivity index (χ0n) is 16.8. The Morgan fingerprint density at radius 1 is 0.833 bits per heavy atom. The molecule has 0 unspecified atom stereocenters. The lowest BCUT2D eigenvalue weighted by atomic mass is 9.99. The van der Waals surface area contributed by atoms with Crippen LogP contribution in [-0.2, 0) is 0 Å². The van der Waals surface area contributed by atoms with Gasteiger partial charge in [0.25, 0.3) is 0 Å². The van der Waals surface area contributed by atoms with E-state index in [1.165, 1.54) is 34.8 Å². The van der Waals surface area contributed by atoms with Gasteiger partial charge in [-0.15, -0.1) is 0 Å². The van der Waals surface area contributed by atoms with Gasteiger partial charge in [0.15, 0.2) is 23.0 Å². The van der Waals surface area contributed by atoms with Crippen molar-refractivity contribution in [2.45, 2.75) is 0 Å². The molecule has 0 saturated heterocycles. The molecule has 0 saturated carbocycles. The molecule has 3 aromatic rings. The molecule has 9 nitrogen and oxygen atoms in total. The highest BCUT2D eigenvalue weighted by atomic mass is 16.7. The molecule has 0 bridgehead atoms.